The van der Waals surface area contributed by atoms with Crippen LogP contribution in [0, 0.1) is 5.92 Å². The third-order valence-corrected chi connectivity index (χ3v) is 9.23. The van der Waals surface area contributed by atoms with E-state index >= 15 is 0 Å². The highest BCUT2D eigenvalue weighted by Crippen LogP contribution is 2.35. The lowest BCUT2D eigenvalue weighted by molar-refractivity contribution is -0.116. The second-order valence-electron chi connectivity index (χ2n) is 10.6. The molecular weight excluding hydrogens is 584 g/mol. The molecule has 0 spiro atoms. The Kier molecular flexibility index (Phi) is 9.00. The van der Waals surface area contributed by atoms with E-state index in [4.69, 9.17) is 9.47 Å². The van der Waals surface area contributed by atoms with Crippen molar-refractivity contribution in [1.29, 1.82) is 0 Å². The van der Waals surface area contributed by atoms with Crippen LogP contribution in [0.1, 0.15) is 44.9 Å². The SMILES string of the molecule is CCCCc1nc(O)c(S(=O)(=O)c2ccc(-c3ccnc(NC(=O)CC4CC4)c3)cc2)c(=O)n1-c1c(OC)cccc1OC. The minimum atomic E-state index is -4.53. The molecule has 1 aliphatic rings. The molecular formula is C32H34N4O7S. The Bertz CT molecular complexity index is 1830. The number of nitrogens with one attached hydrogen (secondary N) is 1. The van der Waals surface area contributed by atoms with E-state index in [2.05, 4.69) is 15.3 Å². The first-order valence-electron chi connectivity index (χ1n) is 14.4. The van der Waals surface area contributed by atoms with Crippen LogP contribution < -0.4 is 20.3 Å². The van der Waals surface area contributed by atoms with Crippen LogP contribution in [0.4, 0.5) is 5.82 Å². The van der Waals surface area contributed by atoms with E-state index < -0.39 is 26.2 Å². The van der Waals surface area contributed by atoms with Gasteiger partial charge >= 0.3 is 0 Å². The molecule has 11 nitrogen and oxygen atoms in total. The molecule has 0 bridgehead atoms. The highest BCUT2D eigenvalue weighted by Gasteiger charge is 2.31. The van der Waals surface area contributed by atoms with Crippen LogP contribution in [0.5, 0.6) is 17.4 Å². The summed E-state index contributed by atoms with van der Waals surface area (Å²) in [6.45, 7) is 1.96. The number of rotatable bonds is 12. The van der Waals surface area contributed by atoms with Crippen LogP contribution in [-0.4, -0.2) is 48.2 Å². The number of amides is 1. The monoisotopic (exact) mass is 618 g/mol. The van der Waals surface area contributed by atoms with Gasteiger partial charge in [0, 0.05) is 19.0 Å². The number of hydrogen-bond donors (Lipinski definition) is 2. The maximum absolute atomic E-state index is 14.0. The molecule has 1 saturated carbocycles. The molecule has 1 amide bonds. The van der Waals surface area contributed by atoms with Crippen molar-refractivity contribution >= 4 is 21.6 Å². The summed E-state index contributed by atoms with van der Waals surface area (Å²) in [6, 6.07) is 14.2. The molecule has 2 aromatic heterocycles. The third kappa shape index (κ3) is 6.30. The van der Waals surface area contributed by atoms with Gasteiger partial charge in [0.1, 0.15) is 28.8 Å². The Morgan fingerprint density at radius 3 is 2.34 bits per heavy atom. The minimum absolute atomic E-state index is 0.0934. The number of methoxy groups -OCH3 is 2. The predicted octanol–water partition coefficient (Wildman–Crippen LogP) is 4.93. The van der Waals surface area contributed by atoms with Gasteiger partial charge in [0.05, 0.1) is 19.1 Å². The standard InChI is InChI=1S/C32H34N4O7S/c1-4-5-9-27-35-31(38)30(32(39)36(27)29-24(42-2)7-6-8-25(29)43-3)44(40,41)23-14-12-21(13-15-23)22-16-17-33-26(19-22)34-28(37)18-20-10-11-20/h6-8,12-17,19-20,38H,4-5,9-11,18H2,1-3H3,(H,33,34,37). The van der Waals surface area contributed by atoms with E-state index in [0.29, 0.717) is 42.1 Å². The number of anilines is 1. The number of aryl methyl sites for hydroxylation is 1. The molecule has 1 fully saturated rings. The molecule has 1 aliphatic carbocycles. The molecule has 0 saturated heterocycles. The summed E-state index contributed by atoms with van der Waals surface area (Å²) in [5, 5.41) is 13.7. The second kappa shape index (κ2) is 12.9. The number of aromatic hydroxyl groups is 1. The molecule has 4 aromatic rings. The average molecular weight is 619 g/mol. The Morgan fingerprint density at radius 2 is 1.73 bits per heavy atom. The van der Waals surface area contributed by atoms with Gasteiger partial charge in [0.15, 0.2) is 4.90 Å². The normalized spacial score (nSPS) is 13.0. The van der Waals surface area contributed by atoms with Crippen molar-refractivity contribution in [2.45, 2.75) is 55.2 Å². The third-order valence-electron chi connectivity index (χ3n) is 7.44. The highest BCUT2D eigenvalue weighted by molar-refractivity contribution is 7.91. The topological polar surface area (TPSA) is 150 Å². The van der Waals surface area contributed by atoms with E-state index in [1.807, 2.05) is 6.92 Å². The smallest absolute Gasteiger partial charge is 0.281 e. The molecule has 12 heteroatoms. The number of sulfone groups is 1. The lowest BCUT2D eigenvalue weighted by atomic mass is 10.1. The van der Waals surface area contributed by atoms with Gasteiger partial charge in [0.25, 0.3) is 5.56 Å². The molecule has 0 radical (unpaired) electrons. The van der Waals surface area contributed by atoms with Crippen molar-refractivity contribution in [3.05, 3.63) is 77.0 Å². The Morgan fingerprint density at radius 1 is 1.05 bits per heavy atom. The number of unbranched alkanes of at least 4 members (excludes halogenated alkanes) is 1. The lowest BCUT2D eigenvalue weighted by Gasteiger charge is -2.19. The summed E-state index contributed by atoms with van der Waals surface area (Å²) in [4.78, 5) is 33.6. The number of carbonyl (C=O) groups is 1. The number of benzene rings is 2. The maximum Gasteiger partial charge on any atom is 0.281 e. The van der Waals surface area contributed by atoms with Gasteiger partial charge in [-0.25, -0.2) is 13.4 Å². The molecule has 2 heterocycles. The first-order valence-corrected chi connectivity index (χ1v) is 15.8. The van der Waals surface area contributed by atoms with Crippen molar-refractivity contribution in [3.63, 3.8) is 0 Å². The molecule has 44 heavy (non-hydrogen) atoms. The van der Waals surface area contributed by atoms with Crippen LogP contribution in [0.3, 0.4) is 0 Å². The van der Waals surface area contributed by atoms with Crippen LogP contribution in [0.15, 0.2) is 75.4 Å². The lowest BCUT2D eigenvalue weighted by Crippen LogP contribution is -2.29. The quantitative estimate of drug-likeness (QED) is 0.225. The van der Waals surface area contributed by atoms with Gasteiger partial charge in [-0.05, 0) is 72.7 Å². The first kappa shape index (κ1) is 30.7. The van der Waals surface area contributed by atoms with Crippen LogP contribution in [0.2, 0.25) is 0 Å². The molecule has 5 rings (SSSR count). The molecule has 0 atom stereocenters. The van der Waals surface area contributed by atoms with Crippen LogP contribution in [0.25, 0.3) is 16.8 Å². The predicted molar refractivity (Wildman–Crippen MR) is 164 cm³/mol. The van der Waals surface area contributed by atoms with Crippen molar-refractivity contribution < 1.29 is 27.8 Å². The Hall–Kier alpha value is -4.71. The summed E-state index contributed by atoms with van der Waals surface area (Å²) in [5.74, 6) is 0.575. The number of nitrogens with zero attached hydrogens (tertiary/aromatic N) is 3. The van der Waals surface area contributed by atoms with Gasteiger partial charge in [-0.2, -0.15) is 4.98 Å². The van der Waals surface area contributed by atoms with Crippen molar-refractivity contribution in [1.82, 2.24) is 14.5 Å². The fraction of sp³-hybridized carbons (Fsp3) is 0.312. The molecule has 2 aromatic carbocycles. The fourth-order valence-corrected chi connectivity index (χ4v) is 6.30. The Balaban J connectivity index is 1.54. The summed E-state index contributed by atoms with van der Waals surface area (Å²) >= 11 is 0. The van der Waals surface area contributed by atoms with E-state index in [1.54, 1.807) is 48.7 Å². The summed E-state index contributed by atoms with van der Waals surface area (Å²) < 4.78 is 39.9. The van der Waals surface area contributed by atoms with Crippen molar-refractivity contribution in [2.24, 2.45) is 5.92 Å². The minimum Gasteiger partial charge on any atom is -0.494 e. The molecule has 0 aliphatic heterocycles. The molecule has 230 valence electrons. The van der Waals surface area contributed by atoms with Crippen molar-refractivity contribution in [3.8, 4) is 34.2 Å². The summed E-state index contributed by atoms with van der Waals surface area (Å²) in [7, 11) is -1.68. The summed E-state index contributed by atoms with van der Waals surface area (Å²) in [6.07, 6.45) is 5.86. The van der Waals surface area contributed by atoms with Gasteiger partial charge < -0.3 is 19.9 Å². The number of para-hydroxylation sites is 1. The molecule has 0 unspecified atom stereocenters. The second-order valence-corrected chi connectivity index (χ2v) is 12.5. The van der Waals surface area contributed by atoms with Crippen LogP contribution in [-0.2, 0) is 21.1 Å². The molecule has 2 N–H and O–H groups in total. The number of hydrogen-bond acceptors (Lipinski definition) is 9. The van der Waals surface area contributed by atoms with Gasteiger partial charge in [-0.3, -0.25) is 14.2 Å². The van der Waals surface area contributed by atoms with Crippen molar-refractivity contribution in [2.75, 3.05) is 19.5 Å². The van der Waals surface area contributed by atoms with Crippen LogP contribution >= 0.6 is 0 Å². The van der Waals surface area contributed by atoms with E-state index in [9.17, 15) is 23.1 Å². The zero-order valence-electron chi connectivity index (χ0n) is 24.7. The zero-order valence-corrected chi connectivity index (χ0v) is 25.6. The first-order chi connectivity index (χ1) is 21.2. The summed E-state index contributed by atoms with van der Waals surface area (Å²) in [5.41, 5.74) is 0.584. The fourth-order valence-electron chi connectivity index (χ4n) is 4.96. The number of aromatic nitrogens is 3. The Labute approximate surface area is 255 Å². The van der Waals surface area contributed by atoms with Gasteiger partial charge in [-0.1, -0.05) is 31.5 Å². The number of ether oxygens (including phenoxy) is 2. The zero-order chi connectivity index (χ0) is 31.4. The number of pyridine rings is 1. The van der Waals surface area contributed by atoms with E-state index in [-0.39, 0.29) is 33.8 Å². The largest absolute Gasteiger partial charge is 0.494 e. The average Bonchev–Trinajstić information content (AvgIpc) is 3.83. The maximum atomic E-state index is 14.0. The highest BCUT2D eigenvalue weighted by atomic mass is 32.2. The van der Waals surface area contributed by atoms with E-state index in [0.717, 1.165) is 23.8 Å². The van der Waals surface area contributed by atoms with E-state index in [1.165, 1.54) is 26.4 Å². The van der Waals surface area contributed by atoms with Gasteiger partial charge in [-0.15, -0.1) is 0 Å². The number of carbonyl (C=O) groups excluding carboxylic acids is 1. The van der Waals surface area contributed by atoms with Gasteiger partial charge in [0.2, 0.25) is 21.6 Å².